The molecule has 1 aliphatic rings. The number of anilines is 1. The first-order chi connectivity index (χ1) is 14.9. The molecule has 0 spiro atoms. The van der Waals surface area contributed by atoms with E-state index in [-0.39, 0.29) is 25.5 Å². The number of hydrogen-bond donors (Lipinski definition) is 0. The molecule has 3 rings (SSSR count). The van der Waals surface area contributed by atoms with Gasteiger partial charge in [-0.3, -0.25) is 14.3 Å². The van der Waals surface area contributed by atoms with E-state index in [0.29, 0.717) is 28.3 Å². The van der Waals surface area contributed by atoms with Gasteiger partial charge in [0, 0.05) is 5.69 Å². The maximum atomic E-state index is 14.0. The van der Waals surface area contributed by atoms with E-state index in [1.54, 1.807) is 45.1 Å². The molecule has 2 aromatic rings. The average Bonchev–Trinajstić information content (AvgIpc) is 2.77. The summed E-state index contributed by atoms with van der Waals surface area (Å²) in [5, 5.41) is 0. The Balaban J connectivity index is 2.25. The van der Waals surface area contributed by atoms with Gasteiger partial charge in [-0.15, -0.1) is 0 Å². The van der Waals surface area contributed by atoms with Crippen LogP contribution in [0.1, 0.15) is 43.2 Å². The van der Waals surface area contributed by atoms with E-state index in [0.717, 1.165) is 12.0 Å². The summed E-state index contributed by atoms with van der Waals surface area (Å²) >= 11 is 0. The number of rotatable bonds is 9. The van der Waals surface area contributed by atoms with E-state index < -0.39 is 13.4 Å². The minimum Gasteiger partial charge on any atom is -0.493 e. The molecule has 0 aromatic heterocycles. The van der Waals surface area contributed by atoms with Crippen molar-refractivity contribution in [2.24, 2.45) is 0 Å². The van der Waals surface area contributed by atoms with E-state index in [1.165, 1.54) is 0 Å². The summed E-state index contributed by atoms with van der Waals surface area (Å²) in [4.78, 5) is 14.9. The number of hydrogen-bond acceptors (Lipinski definition) is 6. The number of nitrogens with zero attached hydrogens (tertiary/aromatic N) is 1. The topological polar surface area (TPSA) is 74.3 Å². The molecule has 0 bridgehead atoms. The van der Waals surface area contributed by atoms with Crippen molar-refractivity contribution in [1.82, 2.24) is 0 Å². The Morgan fingerprint density at radius 3 is 2.06 bits per heavy atom. The van der Waals surface area contributed by atoms with Crippen molar-refractivity contribution in [3.05, 3.63) is 53.1 Å². The van der Waals surface area contributed by atoms with Crippen LogP contribution in [0, 0.1) is 0 Å². The first kappa shape index (κ1) is 23.3. The van der Waals surface area contributed by atoms with Crippen LogP contribution in [0.25, 0.3) is 0 Å². The third-order valence-corrected chi connectivity index (χ3v) is 7.66. The Kier molecular flexibility index (Phi) is 7.42. The number of amides is 1. The number of carbonyl (C=O) groups excluding carboxylic acids is 1. The zero-order valence-electron chi connectivity index (χ0n) is 18.7. The summed E-state index contributed by atoms with van der Waals surface area (Å²) < 4.78 is 36.3. The quantitative estimate of drug-likeness (QED) is 0.497. The van der Waals surface area contributed by atoms with Crippen molar-refractivity contribution >= 4 is 19.2 Å². The second-order valence-electron chi connectivity index (χ2n) is 7.12. The first-order valence-corrected chi connectivity index (χ1v) is 12.1. The number of carbonyl (C=O) groups is 1. The highest BCUT2D eigenvalue weighted by Crippen LogP contribution is 2.65. The van der Waals surface area contributed by atoms with Crippen LogP contribution in [0.3, 0.4) is 0 Å². The standard InChI is InChI=1S/C23H30NO6P/c1-6-16-9-11-18(12-10-16)24-22(25)14-17-13-20(27-4)21(28-5)15-19(17)23(24)31(26,29-7-2)30-8-3/h9-13,15,23H,6-8,14H2,1-5H3. The molecule has 0 fully saturated rings. The van der Waals surface area contributed by atoms with Gasteiger partial charge in [-0.25, -0.2) is 0 Å². The van der Waals surface area contributed by atoms with Crippen molar-refractivity contribution in [2.75, 3.05) is 32.3 Å². The molecule has 1 atom stereocenters. The fraction of sp³-hybridized carbons (Fsp3) is 0.435. The summed E-state index contributed by atoms with van der Waals surface area (Å²) in [5.74, 6) is -0.123. The molecule has 8 heteroatoms. The fourth-order valence-corrected chi connectivity index (χ4v) is 6.08. The summed E-state index contributed by atoms with van der Waals surface area (Å²) in [6.07, 6.45) is 1.02. The summed E-state index contributed by atoms with van der Waals surface area (Å²) in [5.41, 5.74) is 3.18. The van der Waals surface area contributed by atoms with Gasteiger partial charge in [0.25, 0.3) is 0 Å². The van der Waals surface area contributed by atoms with Crippen LogP contribution in [-0.2, 0) is 31.2 Å². The Labute approximate surface area is 183 Å². The maximum absolute atomic E-state index is 14.0. The molecule has 2 aromatic carbocycles. The molecular formula is C23H30NO6P. The zero-order chi connectivity index (χ0) is 22.6. The predicted molar refractivity (Wildman–Crippen MR) is 120 cm³/mol. The molecule has 0 N–H and O–H groups in total. The first-order valence-electron chi connectivity index (χ1n) is 10.5. The van der Waals surface area contributed by atoms with E-state index in [4.69, 9.17) is 18.5 Å². The summed E-state index contributed by atoms with van der Waals surface area (Å²) in [6.45, 7) is 5.96. The summed E-state index contributed by atoms with van der Waals surface area (Å²) in [7, 11) is -0.668. The maximum Gasteiger partial charge on any atom is 0.357 e. The van der Waals surface area contributed by atoms with Gasteiger partial charge in [-0.05, 0) is 61.2 Å². The average molecular weight is 447 g/mol. The van der Waals surface area contributed by atoms with Crippen LogP contribution in [0.4, 0.5) is 5.69 Å². The Morgan fingerprint density at radius 2 is 1.55 bits per heavy atom. The van der Waals surface area contributed by atoms with Crippen molar-refractivity contribution in [3.63, 3.8) is 0 Å². The normalized spacial score (nSPS) is 16.2. The van der Waals surface area contributed by atoms with E-state index in [9.17, 15) is 9.36 Å². The number of ether oxygens (including phenoxy) is 2. The zero-order valence-corrected chi connectivity index (χ0v) is 19.6. The molecule has 0 radical (unpaired) electrons. The molecule has 168 valence electrons. The fourth-order valence-electron chi connectivity index (χ4n) is 3.88. The highest BCUT2D eigenvalue weighted by Gasteiger charge is 2.48. The van der Waals surface area contributed by atoms with Crippen LogP contribution in [0.2, 0.25) is 0 Å². The number of benzene rings is 2. The predicted octanol–water partition coefficient (Wildman–Crippen LogP) is 5.12. The molecule has 0 aliphatic carbocycles. The smallest absolute Gasteiger partial charge is 0.357 e. The van der Waals surface area contributed by atoms with Gasteiger partial charge in [-0.1, -0.05) is 19.1 Å². The third kappa shape index (κ3) is 4.49. The van der Waals surface area contributed by atoms with Crippen LogP contribution >= 0.6 is 7.60 Å². The number of fused-ring (bicyclic) bond motifs is 1. The third-order valence-electron chi connectivity index (χ3n) is 5.32. The monoisotopic (exact) mass is 447 g/mol. The lowest BCUT2D eigenvalue weighted by Gasteiger charge is -2.40. The van der Waals surface area contributed by atoms with Gasteiger partial charge in [0.05, 0.1) is 33.9 Å². The van der Waals surface area contributed by atoms with Crippen molar-refractivity contribution in [1.29, 1.82) is 0 Å². The lowest BCUT2D eigenvalue weighted by Crippen LogP contribution is -2.41. The second kappa shape index (κ2) is 9.86. The Morgan fingerprint density at radius 1 is 0.968 bits per heavy atom. The van der Waals surface area contributed by atoms with Crippen LogP contribution in [-0.4, -0.2) is 33.3 Å². The molecule has 0 saturated carbocycles. The molecule has 1 amide bonds. The van der Waals surface area contributed by atoms with Gasteiger partial charge in [0.1, 0.15) is 0 Å². The molecule has 1 aliphatic heterocycles. The molecule has 0 saturated heterocycles. The highest BCUT2D eigenvalue weighted by atomic mass is 31.2. The molecular weight excluding hydrogens is 417 g/mol. The van der Waals surface area contributed by atoms with Crippen molar-refractivity contribution in [3.8, 4) is 11.5 Å². The van der Waals surface area contributed by atoms with Gasteiger partial charge >= 0.3 is 7.60 Å². The highest BCUT2D eigenvalue weighted by molar-refractivity contribution is 7.54. The molecule has 31 heavy (non-hydrogen) atoms. The largest absolute Gasteiger partial charge is 0.493 e. The SMILES string of the molecule is CCOP(=O)(OCC)C1c2cc(OC)c(OC)cc2CC(=O)N1c1ccc(CC)cc1. The van der Waals surface area contributed by atoms with E-state index >= 15 is 0 Å². The minimum atomic E-state index is -3.75. The van der Waals surface area contributed by atoms with Crippen LogP contribution < -0.4 is 14.4 Å². The van der Waals surface area contributed by atoms with Gasteiger partial charge in [0.15, 0.2) is 17.3 Å². The van der Waals surface area contributed by atoms with Gasteiger partial charge in [-0.2, -0.15) is 0 Å². The Hall–Kier alpha value is -2.34. The lowest BCUT2D eigenvalue weighted by atomic mass is 9.97. The summed E-state index contributed by atoms with van der Waals surface area (Å²) in [6, 6.07) is 11.2. The van der Waals surface area contributed by atoms with E-state index in [2.05, 4.69) is 6.92 Å². The van der Waals surface area contributed by atoms with E-state index in [1.807, 2.05) is 24.3 Å². The molecule has 1 unspecified atom stereocenters. The Bertz CT molecular complexity index is 965. The minimum absolute atomic E-state index is 0.139. The molecule has 1 heterocycles. The van der Waals surface area contributed by atoms with Crippen LogP contribution in [0.15, 0.2) is 36.4 Å². The second-order valence-corrected chi connectivity index (χ2v) is 9.20. The van der Waals surface area contributed by atoms with Gasteiger partial charge in [0.2, 0.25) is 5.91 Å². The molecule has 7 nitrogen and oxygen atoms in total. The van der Waals surface area contributed by atoms with Gasteiger partial charge < -0.3 is 18.5 Å². The van der Waals surface area contributed by atoms with Crippen LogP contribution in [0.5, 0.6) is 11.5 Å². The number of aryl methyl sites for hydroxylation is 1. The lowest BCUT2D eigenvalue weighted by molar-refractivity contribution is -0.118. The van der Waals surface area contributed by atoms with Crippen molar-refractivity contribution in [2.45, 2.75) is 39.4 Å². The van der Waals surface area contributed by atoms with Crippen molar-refractivity contribution < 1.29 is 27.9 Å². The number of methoxy groups -OCH3 is 2.